The normalized spacial score (nSPS) is 14.5. The molecule has 2 aromatic rings. The Balaban J connectivity index is 0.00000208. The van der Waals surface area contributed by atoms with Gasteiger partial charge in [-0.15, -0.1) is 12.4 Å². The van der Waals surface area contributed by atoms with E-state index in [4.69, 9.17) is 9.47 Å². The molecule has 1 aliphatic heterocycles. The van der Waals surface area contributed by atoms with Gasteiger partial charge in [0.15, 0.2) is 11.5 Å². The zero-order valence-electron chi connectivity index (χ0n) is 14.7. The molecule has 3 nitrogen and oxygen atoms in total. The Morgan fingerprint density at radius 3 is 2.42 bits per heavy atom. The lowest BCUT2D eigenvalue weighted by molar-refractivity contribution is 0.0828. The fourth-order valence-corrected chi connectivity index (χ4v) is 3.40. The van der Waals surface area contributed by atoms with Crippen LogP contribution in [0.5, 0.6) is 11.5 Å². The third-order valence-corrected chi connectivity index (χ3v) is 5.08. The van der Waals surface area contributed by atoms with Gasteiger partial charge in [0.1, 0.15) is 5.60 Å². The number of halogens is 1. The quantitative estimate of drug-likeness (QED) is 0.752. The van der Waals surface area contributed by atoms with E-state index in [2.05, 4.69) is 37.0 Å². The molecule has 1 aromatic heterocycles. The van der Waals surface area contributed by atoms with Crippen molar-refractivity contribution in [3.05, 3.63) is 53.3 Å². The van der Waals surface area contributed by atoms with Crippen LogP contribution in [-0.2, 0) is 19.3 Å². The summed E-state index contributed by atoms with van der Waals surface area (Å²) in [5, 5.41) is 0. The van der Waals surface area contributed by atoms with Gasteiger partial charge in [-0.1, -0.05) is 19.9 Å². The van der Waals surface area contributed by atoms with Crippen molar-refractivity contribution in [2.24, 2.45) is 0 Å². The number of benzene rings is 1. The first-order chi connectivity index (χ1) is 11.2. The number of pyridine rings is 1. The van der Waals surface area contributed by atoms with E-state index >= 15 is 0 Å². The molecule has 4 heteroatoms. The fraction of sp³-hybridized carbons (Fsp3) is 0.450. The molecule has 0 radical (unpaired) electrons. The second kappa shape index (κ2) is 7.89. The molecular formula is C20H26ClNO2. The minimum atomic E-state index is -0.0671. The van der Waals surface area contributed by atoms with E-state index < -0.39 is 0 Å². The molecular weight excluding hydrogens is 322 g/mol. The van der Waals surface area contributed by atoms with Gasteiger partial charge >= 0.3 is 0 Å². The van der Waals surface area contributed by atoms with Crippen LogP contribution in [-0.4, -0.2) is 17.7 Å². The molecule has 3 rings (SSSR count). The summed E-state index contributed by atoms with van der Waals surface area (Å²) in [6.07, 6.45) is 8.77. The summed E-state index contributed by atoms with van der Waals surface area (Å²) in [6.45, 7) is 4.41. The number of fused-ring (bicyclic) bond motifs is 1. The zero-order chi connectivity index (χ0) is 16.3. The topological polar surface area (TPSA) is 31.4 Å². The van der Waals surface area contributed by atoms with Crippen LogP contribution < -0.4 is 9.47 Å². The predicted molar refractivity (Wildman–Crippen MR) is 99.5 cm³/mol. The van der Waals surface area contributed by atoms with Crippen LogP contribution in [0.1, 0.15) is 43.4 Å². The van der Waals surface area contributed by atoms with Crippen LogP contribution in [0.2, 0.25) is 0 Å². The molecule has 0 saturated heterocycles. The Morgan fingerprint density at radius 1 is 1.08 bits per heavy atom. The number of ether oxygens (including phenoxy) is 2. The van der Waals surface area contributed by atoms with Crippen molar-refractivity contribution in [2.45, 2.75) is 51.6 Å². The van der Waals surface area contributed by atoms with Crippen molar-refractivity contribution < 1.29 is 9.47 Å². The largest absolute Gasteiger partial charge is 0.493 e. The number of hydrogen-bond donors (Lipinski definition) is 0. The molecule has 0 aliphatic carbocycles. The van der Waals surface area contributed by atoms with Gasteiger partial charge in [0.2, 0.25) is 0 Å². The standard InChI is InChI=1S/C20H25NO2.ClH/c1-4-20(5-2)14-17-16(7-6-15-10-12-21-13-11-15)8-9-18(22-3)19(17)23-20;/h8-13H,4-7,14H2,1-3H3;1H. The Hall–Kier alpha value is -1.74. The summed E-state index contributed by atoms with van der Waals surface area (Å²) in [5.41, 5.74) is 3.96. The molecule has 0 unspecified atom stereocenters. The fourth-order valence-electron chi connectivity index (χ4n) is 3.40. The van der Waals surface area contributed by atoms with Crippen LogP contribution in [0.3, 0.4) is 0 Å². The van der Waals surface area contributed by atoms with Crippen molar-refractivity contribution in [2.75, 3.05) is 7.11 Å². The molecule has 130 valence electrons. The summed E-state index contributed by atoms with van der Waals surface area (Å²) in [4.78, 5) is 4.09. The maximum Gasteiger partial charge on any atom is 0.165 e. The van der Waals surface area contributed by atoms with Crippen LogP contribution >= 0.6 is 12.4 Å². The molecule has 0 fully saturated rings. The molecule has 0 amide bonds. The highest BCUT2D eigenvalue weighted by molar-refractivity contribution is 5.85. The van der Waals surface area contributed by atoms with Gasteiger partial charge < -0.3 is 9.47 Å². The first-order valence-electron chi connectivity index (χ1n) is 8.48. The van der Waals surface area contributed by atoms with E-state index in [-0.39, 0.29) is 18.0 Å². The van der Waals surface area contributed by atoms with Gasteiger partial charge in [0.25, 0.3) is 0 Å². The van der Waals surface area contributed by atoms with E-state index in [1.54, 1.807) is 7.11 Å². The number of aromatic nitrogens is 1. The summed E-state index contributed by atoms with van der Waals surface area (Å²) in [7, 11) is 1.72. The van der Waals surface area contributed by atoms with Crippen LogP contribution in [0.4, 0.5) is 0 Å². The third-order valence-electron chi connectivity index (χ3n) is 5.08. The van der Waals surface area contributed by atoms with Crippen molar-refractivity contribution in [3.63, 3.8) is 0 Å². The summed E-state index contributed by atoms with van der Waals surface area (Å²) in [5.74, 6) is 1.82. The van der Waals surface area contributed by atoms with E-state index in [9.17, 15) is 0 Å². The molecule has 1 aromatic carbocycles. The van der Waals surface area contributed by atoms with Gasteiger partial charge in [0.05, 0.1) is 7.11 Å². The van der Waals surface area contributed by atoms with Crippen LogP contribution in [0.25, 0.3) is 0 Å². The van der Waals surface area contributed by atoms with Gasteiger partial charge in [-0.05, 0) is 55.0 Å². The molecule has 2 heterocycles. The average Bonchev–Trinajstić information content (AvgIpc) is 3.01. The second-order valence-corrected chi connectivity index (χ2v) is 6.26. The number of rotatable bonds is 6. The van der Waals surface area contributed by atoms with E-state index in [1.165, 1.54) is 16.7 Å². The van der Waals surface area contributed by atoms with Gasteiger partial charge in [-0.2, -0.15) is 0 Å². The molecule has 0 saturated carbocycles. The molecule has 0 N–H and O–H groups in total. The summed E-state index contributed by atoms with van der Waals surface area (Å²) < 4.78 is 11.9. The van der Waals surface area contributed by atoms with Crippen LogP contribution in [0, 0.1) is 0 Å². The first kappa shape index (κ1) is 18.6. The first-order valence-corrected chi connectivity index (χ1v) is 8.48. The summed E-state index contributed by atoms with van der Waals surface area (Å²) >= 11 is 0. The maximum atomic E-state index is 6.37. The highest BCUT2D eigenvalue weighted by Gasteiger charge is 2.39. The highest BCUT2D eigenvalue weighted by atomic mass is 35.5. The zero-order valence-corrected chi connectivity index (χ0v) is 15.5. The van der Waals surface area contributed by atoms with Crippen molar-refractivity contribution >= 4 is 12.4 Å². The maximum absolute atomic E-state index is 6.37. The minimum absolute atomic E-state index is 0. The summed E-state index contributed by atoms with van der Waals surface area (Å²) in [6, 6.07) is 8.41. The van der Waals surface area contributed by atoms with Crippen LogP contribution in [0.15, 0.2) is 36.7 Å². The lowest BCUT2D eigenvalue weighted by atomic mass is 9.88. The van der Waals surface area contributed by atoms with Gasteiger partial charge in [-0.25, -0.2) is 0 Å². The van der Waals surface area contributed by atoms with E-state index in [0.29, 0.717) is 0 Å². The van der Waals surface area contributed by atoms with Crippen molar-refractivity contribution in [1.29, 1.82) is 0 Å². The van der Waals surface area contributed by atoms with Gasteiger partial charge in [0, 0.05) is 24.4 Å². The molecule has 0 atom stereocenters. The van der Waals surface area contributed by atoms with Crippen molar-refractivity contribution in [3.8, 4) is 11.5 Å². The Morgan fingerprint density at radius 2 is 1.79 bits per heavy atom. The highest BCUT2D eigenvalue weighted by Crippen LogP contribution is 2.46. The monoisotopic (exact) mass is 347 g/mol. The van der Waals surface area contributed by atoms with E-state index in [0.717, 1.165) is 43.6 Å². The van der Waals surface area contributed by atoms with E-state index in [1.807, 2.05) is 18.5 Å². The van der Waals surface area contributed by atoms with Gasteiger partial charge in [-0.3, -0.25) is 4.98 Å². The average molecular weight is 348 g/mol. The second-order valence-electron chi connectivity index (χ2n) is 6.26. The number of aryl methyl sites for hydroxylation is 2. The lowest BCUT2D eigenvalue weighted by Gasteiger charge is -2.25. The molecule has 24 heavy (non-hydrogen) atoms. The number of hydrogen-bond acceptors (Lipinski definition) is 3. The Labute approximate surface area is 150 Å². The SMILES string of the molecule is CCC1(CC)Cc2c(CCc3ccncc3)ccc(OC)c2O1.Cl. The molecule has 0 bridgehead atoms. The predicted octanol–water partition coefficient (Wildman–Crippen LogP) is 4.79. The smallest absolute Gasteiger partial charge is 0.165 e. The van der Waals surface area contributed by atoms with Crippen molar-refractivity contribution in [1.82, 2.24) is 4.98 Å². The number of methoxy groups -OCH3 is 1. The third kappa shape index (κ3) is 3.51. The number of nitrogens with zero attached hydrogens (tertiary/aromatic N) is 1. The minimum Gasteiger partial charge on any atom is -0.493 e. The molecule has 0 spiro atoms. The Bertz CT molecular complexity index is 669. The molecule has 1 aliphatic rings. The Kier molecular flexibility index (Phi) is 6.11. The lowest BCUT2D eigenvalue weighted by Crippen LogP contribution is -2.32.